The van der Waals surface area contributed by atoms with Crippen LogP contribution in [0.4, 0.5) is 0 Å². The summed E-state index contributed by atoms with van der Waals surface area (Å²) in [6.45, 7) is 6.79. The Hall–Kier alpha value is -1.06. The van der Waals surface area contributed by atoms with Crippen molar-refractivity contribution in [1.82, 2.24) is 0 Å². The van der Waals surface area contributed by atoms with Crippen LogP contribution in [0.5, 0.6) is 0 Å². The molecule has 0 amide bonds. The molecule has 1 fully saturated rings. The van der Waals surface area contributed by atoms with E-state index >= 15 is 0 Å². The lowest BCUT2D eigenvalue weighted by atomic mass is 9.79. The molecular formula is C25H46O4. The van der Waals surface area contributed by atoms with Crippen LogP contribution in [0.3, 0.4) is 0 Å². The van der Waals surface area contributed by atoms with Crippen LogP contribution in [0.2, 0.25) is 0 Å². The summed E-state index contributed by atoms with van der Waals surface area (Å²) >= 11 is 0. The Morgan fingerprint density at radius 3 is 1.72 bits per heavy atom. The first-order valence-electron chi connectivity index (χ1n) is 12.5. The Balaban J connectivity index is 2.20. The zero-order valence-electron chi connectivity index (χ0n) is 19.4. The number of carbonyl (C=O) groups excluding carboxylic acids is 2. The largest absolute Gasteiger partial charge is 0.465 e. The second kappa shape index (κ2) is 16.7. The van der Waals surface area contributed by atoms with Gasteiger partial charge in [-0.05, 0) is 32.1 Å². The standard InChI is InChI=1S/C25H46O4/c1-4-7-8-9-10-11-12-13-14-17-20-28-24(26)22-18-15-16-19-23(22)25(27)29-21(5-2)6-3/h21-23H,4-20H2,1-3H3. The van der Waals surface area contributed by atoms with E-state index < -0.39 is 0 Å². The van der Waals surface area contributed by atoms with E-state index in [4.69, 9.17) is 9.47 Å². The number of hydrogen-bond donors (Lipinski definition) is 0. The van der Waals surface area contributed by atoms with Crippen LogP contribution in [-0.2, 0) is 19.1 Å². The first-order chi connectivity index (χ1) is 14.1. The molecule has 4 nitrogen and oxygen atoms in total. The molecule has 0 N–H and O–H groups in total. The molecule has 0 aromatic heterocycles. The highest BCUT2D eigenvalue weighted by molar-refractivity contribution is 5.82. The highest BCUT2D eigenvalue weighted by Gasteiger charge is 2.38. The van der Waals surface area contributed by atoms with Gasteiger partial charge < -0.3 is 9.47 Å². The van der Waals surface area contributed by atoms with E-state index in [1.807, 2.05) is 13.8 Å². The summed E-state index contributed by atoms with van der Waals surface area (Å²) in [5.74, 6) is -1.01. The maximum absolute atomic E-state index is 12.6. The van der Waals surface area contributed by atoms with Crippen molar-refractivity contribution in [1.29, 1.82) is 0 Å². The van der Waals surface area contributed by atoms with Gasteiger partial charge in [-0.3, -0.25) is 9.59 Å². The lowest BCUT2D eigenvalue weighted by molar-refractivity contribution is -0.166. The van der Waals surface area contributed by atoms with Crippen molar-refractivity contribution in [3.05, 3.63) is 0 Å². The second-order valence-electron chi connectivity index (χ2n) is 8.72. The predicted octanol–water partition coefficient (Wildman–Crippen LogP) is 6.99. The van der Waals surface area contributed by atoms with Gasteiger partial charge in [0.2, 0.25) is 0 Å². The molecule has 1 aliphatic rings. The Morgan fingerprint density at radius 2 is 1.21 bits per heavy atom. The second-order valence-corrected chi connectivity index (χ2v) is 8.72. The van der Waals surface area contributed by atoms with Crippen LogP contribution < -0.4 is 0 Å². The van der Waals surface area contributed by atoms with Gasteiger partial charge in [-0.1, -0.05) is 91.4 Å². The quantitative estimate of drug-likeness (QED) is 0.203. The molecule has 0 heterocycles. The summed E-state index contributed by atoms with van der Waals surface area (Å²) in [5.41, 5.74) is 0. The Morgan fingerprint density at radius 1 is 0.724 bits per heavy atom. The molecule has 1 rings (SSSR count). The zero-order chi connectivity index (χ0) is 21.3. The zero-order valence-corrected chi connectivity index (χ0v) is 19.4. The van der Waals surface area contributed by atoms with Gasteiger partial charge >= 0.3 is 11.9 Å². The molecule has 170 valence electrons. The number of hydrogen-bond acceptors (Lipinski definition) is 4. The van der Waals surface area contributed by atoms with Crippen LogP contribution in [-0.4, -0.2) is 24.6 Å². The maximum Gasteiger partial charge on any atom is 0.310 e. The molecule has 0 spiro atoms. The van der Waals surface area contributed by atoms with Crippen LogP contribution >= 0.6 is 0 Å². The molecule has 0 aromatic rings. The molecule has 2 unspecified atom stereocenters. The van der Waals surface area contributed by atoms with Gasteiger partial charge in [-0.15, -0.1) is 0 Å². The summed E-state index contributed by atoms with van der Waals surface area (Å²) in [6, 6.07) is 0. The van der Waals surface area contributed by atoms with Crippen molar-refractivity contribution in [3.63, 3.8) is 0 Å². The third kappa shape index (κ3) is 11.1. The molecule has 29 heavy (non-hydrogen) atoms. The molecule has 0 radical (unpaired) electrons. The molecule has 2 atom stereocenters. The van der Waals surface area contributed by atoms with E-state index in [1.54, 1.807) is 0 Å². The first kappa shape index (κ1) is 26.0. The fourth-order valence-electron chi connectivity index (χ4n) is 4.27. The monoisotopic (exact) mass is 410 g/mol. The van der Waals surface area contributed by atoms with Crippen molar-refractivity contribution in [3.8, 4) is 0 Å². The molecule has 0 aliphatic heterocycles. The Kier molecular flexibility index (Phi) is 15.0. The number of unbranched alkanes of at least 4 members (excludes halogenated alkanes) is 9. The minimum absolute atomic E-state index is 0.0345. The smallest absolute Gasteiger partial charge is 0.310 e. The summed E-state index contributed by atoms with van der Waals surface area (Å²) in [5, 5.41) is 0. The topological polar surface area (TPSA) is 52.6 Å². The Labute approximate surface area is 179 Å². The summed E-state index contributed by atoms with van der Waals surface area (Å²) < 4.78 is 11.2. The van der Waals surface area contributed by atoms with Crippen LogP contribution in [0, 0.1) is 11.8 Å². The molecule has 1 saturated carbocycles. The normalized spacial score (nSPS) is 19.3. The fourth-order valence-corrected chi connectivity index (χ4v) is 4.27. The first-order valence-corrected chi connectivity index (χ1v) is 12.5. The molecule has 4 heteroatoms. The highest BCUT2D eigenvalue weighted by Crippen LogP contribution is 2.32. The number of ether oxygens (including phenoxy) is 2. The van der Waals surface area contributed by atoms with Gasteiger partial charge in [-0.25, -0.2) is 0 Å². The van der Waals surface area contributed by atoms with E-state index in [-0.39, 0.29) is 29.9 Å². The number of esters is 2. The van der Waals surface area contributed by atoms with Crippen molar-refractivity contribution in [2.75, 3.05) is 6.61 Å². The molecular weight excluding hydrogens is 364 g/mol. The summed E-state index contributed by atoms with van der Waals surface area (Å²) in [4.78, 5) is 25.1. The fraction of sp³-hybridized carbons (Fsp3) is 0.920. The molecule has 0 aromatic carbocycles. The van der Waals surface area contributed by atoms with E-state index in [1.165, 1.54) is 51.4 Å². The van der Waals surface area contributed by atoms with Crippen LogP contribution in [0.1, 0.15) is 124 Å². The average molecular weight is 411 g/mol. The molecule has 1 aliphatic carbocycles. The van der Waals surface area contributed by atoms with Gasteiger partial charge in [0, 0.05) is 0 Å². The SMILES string of the molecule is CCCCCCCCCCCCOC(=O)C1CCCCC1C(=O)OC(CC)CC. The summed E-state index contributed by atoms with van der Waals surface area (Å²) in [6.07, 6.45) is 17.7. The minimum atomic E-state index is -0.315. The van der Waals surface area contributed by atoms with Crippen LogP contribution in [0.15, 0.2) is 0 Å². The number of rotatable bonds is 16. The van der Waals surface area contributed by atoms with E-state index in [0.717, 1.165) is 51.4 Å². The van der Waals surface area contributed by atoms with Crippen molar-refractivity contribution < 1.29 is 19.1 Å². The predicted molar refractivity (Wildman–Crippen MR) is 119 cm³/mol. The highest BCUT2D eigenvalue weighted by atomic mass is 16.5. The summed E-state index contributed by atoms with van der Waals surface area (Å²) in [7, 11) is 0. The van der Waals surface area contributed by atoms with E-state index in [9.17, 15) is 9.59 Å². The third-order valence-electron chi connectivity index (χ3n) is 6.31. The minimum Gasteiger partial charge on any atom is -0.465 e. The molecule has 0 bridgehead atoms. The van der Waals surface area contributed by atoms with Crippen molar-refractivity contribution >= 4 is 11.9 Å². The lowest BCUT2D eigenvalue weighted by Gasteiger charge is -2.29. The van der Waals surface area contributed by atoms with Crippen LogP contribution in [0.25, 0.3) is 0 Å². The maximum atomic E-state index is 12.6. The Bertz CT molecular complexity index is 431. The number of carbonyl (C=O) groups is 2. The van der Waals surface area contributed by atoms with Gasteiger partial charge in [0.05, 0.1) is 18.4 Å². The van der Waals surface area contributed by atoms with Crippen molar-refractivity contribution in [2.24, 2.45) is 11.8 Å². The van der Waals surface area contributed by atoms with Gasteiger partial charge in [0.25, 0.3) is 0 Å². The van der Waals surface area contributed by atoms with Gasteiger partial charge in [0.15, 0.2) is 0 Å². The van der Waals surface area contributed by atoms with Gasteiger partial charge in [0.1, 0.15) is 6.10 Å². The molecule has 0 saturated heterocycles. The van der Waals surface area contributed by atoms with Crippen molar-refractivity contribution in [2.45, 2.75) is 130 Å². The van der Waals surface area contributed by atoms with E-state index in [0.29, 0.717) is 6.61 Å². The lowest BCUT2D eigenvalue weighted by Crippen LogP contribution is -2.36. The average Bonchev–Trinajstić information content (AvgIpc) is 2.75. The third-order valence-corrected chi connectivity index (χ3v) is 6.31. The van der Waals surface area contributed by atoms with Gasteiger partial charge in [-0.2, -0.15) is 0 Å². The van der Waals surface area contributed by atoms with E-state index in [2.05, 4.69) is 6.92 Å².